The summed E-state index contributed by atoms with van der Waals surface area (Å²) in [6, 6.07) is 21.1. The molecule has 0 heterocycles. The van der Waals surface area contributed by atoms with Crippen molar-refractivity contribution in [1.82, 2.24) is 5.32 Å². The van der Waals surface area contributed by atoms with Crippen LogP contribution < -0.4 is 15.8 Å². The van der Waals surface area contributed by atoms with Crippen molar-refractivity contribution in [2.75, 3.05) is 6.26 Å². The van der Waals surface area contributed by atoms with Crippen molar-refractivity contribution in [2.24, 2.45) is 11.7 Å². The Balaban J connectivity index is 1.47. The van der Waals surface area contributed by atoms with Crippen LogP contribution in [-0.4, -0.2) is 32.6 Å². The molecule has 0 aliphatic heterocycles. The lowest BCUT2D eigenvalue weighted by atomic mass is 9.81. The van der Waals surface area contributed by atoms with Gasteiger partial charge in [0.15, 0.2) is 9.84 Å². The largest absolute Gasteiger partial charge is 0.412 e. The molecule has 1 fully saturated rings. The van der Waals surface area contributed by atoms with Gasteiger partial charge in [-0.1, -0.05) is 67.8 Å². The van der Waals surface area contributed by atoms with E-state index in [1.165, 1.54) is 12.7 Å². The minimum Gasteiger partial charge on any atom is -0.410 e. The summed E-state index contributed by atoms with van der Waals surface area (Å²) in [5.41, 5.74) is 8.67. The molecule has 0 saturated heterocycles. The molecule has 3 aromatic carbocycles. The molecule has 4 N–H and O–H groups in total. The zero-order valence-electron chi connectivity index (χ0n) is 20.9. The van der Waals surface area contributed by atoms with Crippen LogP contribution in [0.1, 0.15) is 43.2 Å². The van der Waals surface area contributed by atoms with Crippen LogP contribution in [0.2, 0.25) is 0 Å². The Morgan fingerprint density at radius 2 is 1.73 bits per heavy atom. The maximum absolute atomic E-state index is 12.9. The molecule has 0 aromatic heterocycles. The second kappa shape index (κ2) is 11.6. The van der Waals surface area contributed by atoms with Gasteiger partial charge in [-0.2, -0.15) is 0 Å². The first-order valence-corrected chi connectivity index (χ1v) is 14.4. The van der Waals surface area contributed by atoms with Crippen LogP contribution in [0, 0.1) is 11.3 Å². The Morgan fingerprint density at radius 1 is 1.03 bits per heavy atom. The predicted octanol–water partition coefficient (Wildman–Crippen LogP) is 5.32. The number of amidine groups is 1. The van der Waals surface area contributed by atoms with Crippen LogP contribution in [0.15, 0.2) is 77.7 Å². The lowest BCUT2D eigenvalue weighted by Gasteiger charge is -2.31. The van der Waals surface area contributed by atoms with Crippen molar-refractivity contribution in [3.63, 3.8) is 0 Å². The van der Waals surface area contributed by atoms with Gasteiger partial charge in [-0.15, -0.1) is 0 Å². The number of nitrogen functional groups attached to an aromatic ring is 1. The molecule has 0 radical (unpaired) electrons. The monoisotopic (exact) mass is 519 g/mol. The van der Waals surface area contributed by atoms with Crippen LogP contribution in [0.4, 0.5) is 4.79 Å². The summed E-state index contributed by atoms with van der Waals surface area (Å²) in [5, 5.41) is 10.8. The molecule has 3 aromatic rings. The molecular weight excluding hydrogens is 486 g/mol. The van der Waals surface area contributed by atoms with Crippen LogP contribution >= 0.6 is 0 Å². The quantitative estimate of drug-likeness (QED) is 0.275. The third-order valence-corrected chi connectivity index (χ3v) is 8.03. The molecule has 1 unspecified atom stereocenters. The number of benzene rings is 3. The number of carbonyl (C=O) groups is 1. The summed E-state index contributed by atoms with van der Waals surface area (Å²) < 4.78 is 29.9. The summed E-state index contributed by atoms with van der Waals surface area (Å²) in [6.45, 7) is 0. The van der Waals surface area contributed by atoms with Crippen molar-refractivity contribution in [3.05, 3.63) is 83.9 Å². The lowest BCUT2D eigenvalue weighted by molar-refractivity contribution is 0.183. The SMILES string of the molecule is CS(=O)(=O)c1ccccc1-c1ccc(OC(=O)NC(Cc2cccc(C(=N)N)c2)C2CCCCC2)cc1. The highest BCUT2D eigenvalue weighted by Crippen LogP contribution is 2.30. The molecule has 1 aliphatic rings. The normalized spacial score (nSPS) is 15.1. The summed E-state index contributed by atoms with van der Waals surface area (Å²) >= 11 is 0. The minimum atomic E-state index is -3.38. The van der Waals surface area contributed by atoms with Gasteiger partial charge < -0.3 is 15.8 Å². The first kappa shape index (κ1) is 26.4. The van der Waals surface area contributed by atoms with E-state index in [0.29, 0.717) is 29.2 Å². The molecule has 1 atom stereocenters. The van der Waals surface area contributed by atoms with Crippen molar-refractivity contribution in [1.29, 1.82) is 5.41 Å². The van der Waals surface area contributed by atoms with Crippen LogP contribution in [0.25, 0.3) is 11.1 Å². The van der Waals surface area contributed by atoms with Gasteiger partial charge in [-0.25, -0.2) is 13.2 Å². The van der Waals surface area contributed by atoms with E-state index in [2.05, 4.69) is 5.32 Å². The van der Waals surface area contributed by atoms with Crippen LogP contribution in [-0.2, 0) is 16.3 Å². The Hall–Kier alpha value is -3.65. The average Bonchev–Trinajstić information content (AvgIpc) is 2.89. The van der Waals surface area contributed by atoms with E-state index in [1.807, 2.05) is 18.2 Å². The highest BCUT2D eigenvalue weighted by Gasteiger charge is 2.26. The smallest absolute Gasteiger partial charge is 0.410 e. The second-order valence-corrected chi connectivity index (χ2v) is 11.6. The van der Waals surface area contributed by atoms with Crippen LogP contribution in [0.5, 0.6) is 5.75 Å². The van der Waals surface area contributed by atoms with Crippen molar-refractivity contribution >= 4 is 21.8 Å². The van der Waals surface area contributed by atoms with Gasteiger partial charge in [0.2, 0.25) is 0 Å². The predicted molar refractivity (Wildman–Crippen MR) is 146 cm³/mol. The van der Waals surface area contributed by atoms with Gasteiger partial charge in [0, 0.05) is 23.4 Å². The summed E-state index contributed by atoms with van der Waals surface area (Å²) in [6.07, 6.45) is 6.88. The number of carbonyl (C=O) groups excluding carboxylic acids is 1. The van der Waals surface area contributed by atoms with E-state index in [4.69, 9.17) is 15.9 Å². The molecule has 1 amide bonds. The molecule has 1 saturated carbocycles. The van der Waals surface area contributed by atoms with Gasteiger partial charge >= 0.3 is 6.09 Å². The maximum atomic E-state index is 12.9. The van der Waals surface area contributed by atoms with Gasteiger partial charge in [0.1, 0.15) is 11.6 Å². The summed E-state index contributed by atoms with van der Waals surface area (Å²) in [4.78, 5) is 13.2. The average molecular weight is 520 g/mol. The Bertz CT molecular complexity index is 1360. The Kier molecular flexibility index (Phi) is 8.28. The highest BCUT2D eigenvalue weighted by molar-refractivity contribution is 7.90. The number of hydrogen-bond acceptors (Lipinski definition) is 5. The fraction of sp³-hybridized carbons (Fsp3) is 0.310. The molecule has 1 aliphatic carbocycles. The van der Waals surface area contributed by atoms with Crippen LogP contribution in [0.3, 0.4) is 0 Å². The Labute approximate surface area is 218 Å². The molecule has 4 rings (SSSR count). The van der Waals surface area contributed by atoms with Gasteiger partial charge in [0.25, 0.3) is 0 Å². The second-order valence-electron chi connectivity index (χ2n) is 9.65. The number of hydrogen-bond donors (Lipinski definition) is 3. The first-order chi connectivity index (χ1) is 17.7. The fourth-order valence-electron chi connectivity index (χ4n) is 5.01. The minimum absolute atomic E-state index is 0.0195. The number of rotatable bonds is 8. The lowest BCUT2D eigenvalue weighted by Crippen LogP contribution is -2.44. The van der Waals surface area contributed by atoms with E-state index in [1.54, 1.807) is 54.6 Å². The maximum Gasteiger partial charge on any atom is 0.412 e. The van der Waals surface area contributed by atoms with Crippen molar-refractivity contribution in [3.8, 4) is 16.9 Å². The Morgan fingerprint density at radius 3 is 2.41 bits per heavy atom. The summed E-state index contributed by atoms with van der Waals surface area (Å²) in [7, 11) is -3.38. The molecule has 0 bridgehead atoms. The van der Waals surface area contributed by atoms with E-state index >= 15 is 0 Å². The third kappa shape index (κ3) is 6.98. The van der Waals surface area contributed by atoms with E-state index < -0.39 is 15.9 Å². The molecular formula is C29H33N3O4S. The number of sulfone groups is 1. The summed E-state index contributed by atoms with van der Waals surface area (Å²) in [5.74, 6) is 0.738. The molecule has 0 spiro atoms. The fourth-order valence-corrected chi connectivity index (χ4v) is 5.92. The third-order valence-electron chi connectivity index (χ3n) is 6.88. The number of nitrogens with two attached hydrogens (primary N) is 1. The molecule has 37 heavy (non-hydrogen) atoms. The standard InChI is InChI=1S/C29H33N3O4S/c1-37(34,35)27-13-6-5-12-25(27)21-14-16-24(17-15-21)36-29(33)32-26(22-9-3-2-4-10-22)19-20-8-7-11-23(18-20)28(30)31/h5-8,11-18,22,26H,2-4,9-10,19H2,1H3,(H3,30,31)(H,32,33). The zero-order valence-corrected chi connectivity index (χ0v) is 21.8. The van der Waals surface area contributed by atoms with Crippen molar-refractivity contribution in [2.45, 2.75) is 49.5 Å². The topological polar surface area (TPSA) is 122 Å². The first-order valence-electron chi connectivity index (χ1n) is 12.5. The highest BCUT2D eigenvalue weighted by atomic mass is 32.2. The number of amides is 1. The molecule has 194 valence electrons. The number of ether oxygens (including phenoxy) is 1. The zero-order chi connectivity index (χ0) is 26.4. The van der Waals surface area contributed by atoms with E-state index in [9.17, 15) is 13.2 Å². The van der Waals surface area contributed by atoms with Gasteiger partial charge in [-0.05, 0) is 60.6 Å². The van der Waals surface area contributed by atoms with E-state index in [0.717, 1.165) is 36.8 Å². The van der Waals surface area contributed by atoms with E-state index in [-0.39, 0.29) is 16.8 Å². The molecule has 7 nitrogen and oxygen atoms in total. The van der Waals surface area contributed by atoms with Gasteiger partial charge in [0.05, 0.1) is 4.90 Å². The number of nitrogens with one attached hydrogen (secondary N) is 2. The van der Waals surface area contributed by atoms with Crippen molar-refractivity contribution < 1.29 is 17.9 Å². The molecule has 8 heteroatoms. The van der Waals surface area contributed by atoms with Gasteiger partial charge in [-0.3, -0.25) is 5.41 Å².